The molecule has 0 saturated heterocycles. The second kappa shape index (κ2) is 5.77. The molecule has 1 atom stereocenters. The summed E-state index contributed by atoms with van der Waals surface area (Å²) in [5.41, 5.74) is 1.93. The van der Waals surface area contributed by atoms with Crippen molar-refractivity contribution in [3.05, 3.63) is 47.7 Å². The lowest BCUT2D eigenvalue weighted by molar-refractivity contribution is -0.117. The van der Waals surface area contributed by atoms with Gasteiger partial charge in [0.05, 0.1) is 13.0 Å². The molecule has 0 bridgehead atoms. The summed E-state index contributed by atoms with van der Waals surface area (Å²) in [5.74, 6) is 1.64. The van der Waals surface area contributed by atoms with Crippen molar-refractivity contribution in [3.63, 3.8) is 0 Å². The molecule has 1 N–H and O–H groups in total. The molecular formula is C16H16N2O2S. The molecule has 2 heterocycles. The molecule has 5 heteroatoms. The van der Waals surface area contributed by atoms with E-state index in [0.717, 1.165) is 17.0 Å². The molecule has 0 saturated carbocycles. The lowest BCUT2D eigenvalue weighted by Crippen LogP contribution is -2.22. The Morgan fingerprint density at radius 3 is 2.95 bits per heavy atom. The second-order valence-electron chi connectivity index (χ2n) is 4.89. The number of carbonyl (C=O) groups is 1. The highest BCUT2D eigenvalue weighted by Crippen LogP contribution is 2.40. The van der Waals surface area contributed by atoms with Gasteiger partial charge in [0.2, 0.25) is 5.91 Å². The number of thioether (sulfide) groups is 1. The van der Waals surface area contributed by atoms with Crippen molar-refractivity contribution >= 4 is 23.5 Å². The number of aryl methyl sites for hydroxylation is 1. The maximum atomic E-state index is 12.5. The number of benzene rings is 1. The summed E-state index contributed by atoms with van der Waals surface area (Å²) in [4.78, 5) is 18.1. The zero-order chi connectivity index (χ0) is 14.8. The number of hydrogen-bond donors (Lipinski definition) is 1. The van der Waals surface area contributed by atoms with Gasteiger partial charge in [-0.05, 0) is 30.7 Å². The van der Waals surface area contributed by atoms with Crippen LogP contribution in [0.1, 0.15) is 17.2 Å². The van der Waals surface area contributed by atoms with Gasteiger partial charge in [-0.15, -0.1) is 11.8 Å². The molecule has 1 aliphatic heterocycles. The van der Waals surface area contributed by atoms with E-state index in [1.54, 1.807) is 18.9 Å². The number of methoxy groups -OCH3 is 1. The van der Waals surface area contributed by atoms with Crippen LogP contribution >= 0.6 is 11.8 Å². The van der Waals surface area contributed by atoms with Crippen molar-refractivity contribution in [3.8, 4) is 5.75 Å². The largest absolute Gasteiger partial charge is 0.493 e. The van der Waals surface area contributed by atoms with Gasteiger partial charge in [-0.2, -0.15) is 0 Å². The Labute approximate surface area is 127 Å². The lowest BCUT2D eigenvalue weighted by atomic mass is 10.0. The van der Waals surface area contributed by atoms with E-state index in [4.69, 9.17) is 4.74 Å². The lowest BCUT2D eigenvalue weighted by Gasteiger charge is -2.13. The molecule has 4 nitrogen and oxygen atoms in total. The fourth-order valence-corrected chi connectivity index (χ4v) is 3.61. The van der Waals surface area contributed by atoms with Crippen molar-refractivity contribution < 1.29 is 9.53 Å². The van der Waals surface area contributed by atoms with Gasteiger partial charge in [-0.1, -0.05) is 18.2 Å². The van der Waals surface area contributed by atoms with Crippen molar-refractivity contribution in [2.24, 2.45) is 0 Å². The van der Waals surface area contributed by atoms with E-state index in [1.807, 2.05) is 37.3 Å². The van der Waals surface area contributed by atoms with Crippen molar-refractivity contribution in [1.29, 1.82) is 0 Å². The molecule has 0 radical (unpaired) electrons. The number of nitrogens with zero attached hydrogens (tertiary/aromatic N) is 1. The molecule has 0 aliphatic carbocycles. The number of hydrogen-bond acceptors (Lipinski definition) is 4. The molecule has 0 spiro atoms. The molecule has 1 aromatic heterocycles. The highest BCUT2D eigenvalue weighted by atomic mass is 32.2. The summed E-state index contributed by atoms with van der Waals surface area (Å²) in [6, 6.07) is 11.7. The topological polar surface area (TPSA) is 51.2 Å². The number of amides is 1. The van der Waals surface area contributed by atoms with Crippen LogP contribution in [0.3, 0.4) is 0 Å². The minimum absolute atomic E-state index is 0.0381. The van der Waals surface area contributed by atoms with Gasteiger partial charge in [0, 0.05) is 16.3 Å². The number of aromatic nitrogens is 1. The first-order valence-corrected chi connectivity index (χ1v) is 7.72. The third-order valence-corrected chi connectivity index (χ3v) is 4.66. The Balaban J connectivity index is 1.83. The third kappa shape index (κ3) is 2.74. The van der Waals surface area contributed by atoms with Gasteiger partial charge >= 0.3 is 0 Å². The summed E-state index contributed by atoms with van der Waals surface area (Å²) < 4.78 is 5.25. The van der Waals surface area contributed by atoms with Crippen molar-refractivity contribution in [2.75, 3.05) is 18.2 Å². The molecule has 1 aromatic carbocycles. The van der Waals surface area contributed by atoms with Crippen LogP contribution in [0.15, 0.2) is 41.3 Å². The Morgan fingerprint density at radius 2 is 2.14 bits per heavy atom. The van der Waals surface area contributed by atoms with Gasteiger partial charge in [-0.3, -0.25) is 4.79 Å². The highest BCUT2D eigenvalue weighted by Gasteiger charge is 2.29. The van der Waals surface area contributed by atoms with Crippen LogP contribution in [0.25, 0.3) is 0 Å². The molecule has 1 amide bonds. The molecule has 3 rings (SSSR count). The average Bonchev–Trinajstić information content (AvgIpc) is 2.91. The summed E-state index contributed by atoms with van der Waals surface area (Å²) >= 11 is 1.72. The number of fused-ring (bicyclic) bond motifs is 1. The van der Waals surface area contributed by atoms with Gasteiger partial charge in [0.15, 0.2) is 11.6 Å². The second-order valence-corrected chi connectivity index (χ2v) is 5.96. The van der Waals surface area contributed by atoms with Crippen molar-refractivity contribution in [1.82, 2.24) is 4.98 Å². The molecular weight excluding hydrogens is 284 g/mol. The van der Waals surface area contributed by atoms with E-state index in [9.17, 15) is 4.79 Å². The fraction of sp³-hybridized carbons (Fsp3) is 0.250. The highest BCUT2D eigenvalue weighted by molar-refractivity contribution is 7.99. The minimum Gasteiger partial charge on any atom is -0.493 e. The maximum absolute atomic E-state index is 12.5. The number of ether oxygens (including phenoxy) is 1. The normalized spacial score (nSPS) is 16.4. The van der Waals surface area contributed by atoms with Crippen LogP contribution in [-0.4, -0.2) is 23.8 Å². The molecule has 108 valence electrons. The summed E-state index contributed by atoms with van der Waals surface area (Å²) in [6.07, 6.45) is 0. The van der Waals surface area contributed by atoms with E-state index < -0.39 is 0 Å². The summed E-state index contributed by atoms with van der Waals surface area (Å²) in [7, 11) is 1.57. The van der Waals surface area contributed by atoms with Crippen molar-refractivity contribution in [2.45, 2.75) is 17.7 Å². The predicted octanol–water partition coefficient (Wildman–Crippen LogP) is 3.23. The smallest absolute Gasteiger partial charge is 0.234 e. The monoisotopic (exact) mass is 300 g/mol. The van der Waals surface area contributed by atoms with Crippen LogP contribution < -0.4 is 10.1 Å². The van der Waals surface area contributed by atoms with Crippen LogP contribution in [-0.2, 0) is 4.79 Å². The van der Waals surface area contributed by atoms with Gasteiger partial charge in [0.25, 0.3) is 0 Å². The first-order chi connectivity index (χ1) is 10.2. The number of pyridine rings is 1. The Bertz CT molecular complexity index is 688. The Kier molecular flexibility index (Phi) is 3.84. The van der Waals surface area contributed by atoms with E-state index in [-0.39, 0.29) is 11.8 Å². The number of anilines is 1. The Hall–Kier alpha value is -2.01. The third-order valence-electron chi connectivity index (χ3n) is 3.48. The van der Waals surface area contributed by atoms with Crippen LogP contribution in [0.5, 0.6) is 5.75 Å². The van der Waals surface area contributed by atoms with E-state index in [2.05, 4.69) is 16.4 Å². The number of nitrogens with one attached hydrogen (secondary N) is 1. The first-order valence-electron chi connectivity index (χ1n) is 6.73. The summed E-state index contributed by atoms with van der Waals surface area (Å²) in [5, 5.41) is 2.90. The zero-order valence-electron chi connectivity index (χ0n) is 11.9. The maximum Gasteiger partial charge on any atom is 0.234 e. The average molecular weight is 300 g/mol. The predicted molar refractivity (Wildman–Crippen MR) is 84.1 cm³/mol. The quantitative estimate of drug-likeness (QED) is 0.945. The SMILES string of the molecule is COc1ccc(C)nc1NC(=O)[C@@H]1CSc2ccccc21. The molecule has 0 unspecified atom stereocenters. The van der Waals surface area contributed by atoms with Crippen LogP contribution in [0, 0.1) is 6.92 Å². The number of carbonyl (C=O) groups excluding carboxylic acids is 1. The zero-order valence-corrected chi connectivity index (χ0v) is 12.7. The summed E-state index contributed by atoms with van der Waals surface area (Å²) in [6.45, 7) is 1.88. The standard InChI is InChI=1S/C16H16N2O2S/c1-10-7-8-13(20-2)15(17-10)18-16(19)12-9-21-14-6-4-3-5-11(12)14/h3-8,12H,9H2,1-2H3,(H,17,18,19)/t12-/m1/s1. The van der Waals surface area contributed by atoms with Gasteiger partial charge < -0.3 is 10.1 Å². The van der Waals surface area contributed by atoms with Crippen LogP contribution in [0.2, 0.25) is 0 Å². The van der Waals surface area contributed by atoms with Crippen LogP contribution in [0.4, 0.5) is 5.82 Å². The van der Waals surface area contributed by atoms with E-state index >= 15 is 0 Å². The first kappa shape index (κ1) is 13.9. The van der Waals surface area contributed by atoms with Gasteiger partial charge in [0.1, 0.15) is 0 Å². The molecule has 2 aromatic rings. The molecule has 21 heavy (non-hydrogen) atoms. The Morgan fingerprint density at radius 1 is 1.33 bits per heavy atom. The molecule has 0 fully saturated rings. The fourth-order valence-electron chi connectivity index (χ4n) is 2.38. The van der Waals surface area contributed by atoms with Gasteiger partial charge in [-0.25, -0.2) is 4.98 Å². The minimum atomic E-state index is -0.141. The van der Waals surface area contributed by atoms with E-state index in [1.165, 1.54) is 4.90 Å². The van der Waals surface area contributed by atoms with E-state index in [0.29, 0.717) is 11.6 Å². The molecule has 1 aliphatic rings. The number of rotatable bonds is 3.